The largest absolute Gasteiger partial charge is 0.388 e. The van der Waals surface area contributed by atoms with Crippen molar-refractivity contribution >= 4 is 22.3 Å². The number of aliphatic hydroxyl groups is 1. The number of hydrogen-bond donors (Lipinski definition) is 1. The molecular weight excluding hydrogens is 354 g/mol. The summed E-state index contributed by atoms with van der Waals surface area (Å²) in [5.74, 6) is 0.210. The van der Waals surface area contributed by atoms with E-state index in [9.17, 15) is 15.2 Å². The molecule has 144 valence electrons. The number of non-ortho nitro benzene ring substituents is 1. The van der Waals surface area contributed by atoms with Gasteiger partial charge >= 0.3 is 0 Å². The van der Waals surface area contributed by atoms with Crippen LogP contribution in [0.5, 0.6) is 0 Å². The normalized spacial score (nSPS) is 16.3. The number of aryl methyl sites for hydroxylation is 1. The van der Waals surface area contributed by atoms with Gasteiger partial charge in [0.2, 0.25) is 0 Å². The highest BCUT2D eigenvalue weighted by Crippen LogP contribution is 2.36. The molecule has 3 aromatic rings. The van der Waals surface area contributed by atoms with Crippen LogP contribution in [-0.2, 0) is 0 Å². The summed E-state index contributed by atoms with van der Waals surface area (Å²) in [4.78, 5) is 17.7. The van der Waals surface area contributed by atoms with Crippen LogP contribution in [0.3, 0.4) is 0 Å². The second-order valence-electron chi connectivity index (χ2n) is 7.39. The van der Waals surface area contributed by atoms with Crippen molar-refractivity contribution in [2.45, 2.75) is 25.9 Å². The molecule has 1 N–H and O–H groups in total. The molecule has 2 aromatic carbocycles. The number of benzene rings is 2. The Morgan fingerprint density at radius 3 is 2.54 bits per heavy atom. The van der Waals surface area contributed by atoms with Crippen molar-refractivity contribution in [2.75, 3.05) is 18.0 Å². The Morgan fingerprint density at radius 1 is 1.14 bits per heavy atom. The predicted molar refractivity (Wildman–Crippen MR) is 109 cm³/mol. The first-order chi connectivity index (χ1) is 13.5. The second-order valence-corrected chi connectivity index (χ2v) is 7.39. The fourth-order valence-corrected chi connectivity index (χ4v) is 4.13. The predicted octanol–water partition coefficient (Wildman–Crippen LogP) is 4.40. The summed E-state index contributed by atoms with van der Waals surface area (Å²) in [5, 5.41) is 22.9. The molecule has 0 spiro atoms. The topological polar surface area (TPSA) is 79.5 Å². The average Bonchev–Trinajstić information content (AvgIpc) is 2.73. The number of nitrogens with zero attached hydrogens (tertiary/aromatic N) is 3. The van der Waals surface area contributed by atoms with Crippen LogP contribution in [0.4, 0.5) is 11.4 Å². The lowest BCUT2D eigenvalue weighted by Gasteiger charge is -2.36. The molecule has 4 rings (SSSR count). The van der Waals surface area contributed by atoms with Crippen molar-refractivity contribution in [1.82, 2.24) is 4.98 Å². The molecule has 0 radical (unpaired) electrons. The first kappa shape index (κ1) is 18.4. The zero-order valence-corrected chi connectivity index (χ0v) is 15.8. The SMILES string of the molecule is Cc1cc(N2CCC(C(O)c3ccccc3)CC2)c2cccc([N+](=O)[O-])c2n1. The summed E-state index contributed by atoms with van der Waals surface area (Å²) < 4.78 is 0. The van der Waals surface area contributed by atoms with Gasteiger partial charge in [-0.1, -0.05) is 42.5 Å². The van der Waals surface area contributed by atoms with Gasteiger partial charge in [0.15, 0.2) is 5.52 Å². The minimum Gasteiger partial charge on any atom is -0.388 e. The zero-order valence-electron chi connectivity index (χ0n) is 15.8. The standard InChI is InChI=1S/C22H23N3O3/c1-15-14-20(18-8-5-9-19(25(27)28)21(18)23-15)24-12-10-17(11-13-24)22(26)16-6-3-2-4-7-16/h2-9,14,17,22,26H,10-13H2,1H3. The van der Waals surface area contributed by atoms with E-state index in [1.807, 2.05) is 49.4 Å². The summed E-state index contributed by atoms with van der Waals surface area (Å²) in [7, 11) is 0. The lowest BCUT2D eigenvalue weighted by Crippen LogP contribution is -2.35. The molecule has 0 bridgehead atoms. The lowest BCUT2D eigenvalue weighted by molar-refractivity contribution is -0.383. The smallest absolute Gasteiger partial charge is 0.295 e. The molecule has 1 saturated heterocycles. The number of aliphatic hydroxyl groups excluding tert-OH is 1. The van der Waals surface area contributed by atoms with Gasteiger partial charge in [0.05, 0.1) is 11.0 Å². The molecule has 6 heteroatoms. The number of nitro benzene ring substituents is 1. The minimum absolute atomic E-state index is 0.0387. The van der Waals surface area contributed by atoms with Crippen LogP contribution in [0.15, 0.2) is 54.6 Å². The third-order valence-corrected chi connectivity index (χ3v) is 5.59. The van der Waals surface area contributed by atoms with E-state index >= 15 is 0 Å². The molecule has 1 aliphatic rings. The number of pyridine rings is 1. The van der Waals surface area contributed by atoms with E-state index in [0.29, 0.717) is 5.52 Å². The quantitative estimate of drug-likeness (QED) is 0.538. The van der Waals surface area contributed by atoms with Gasteiger partial charge in [-0.25, -0.2) is 4.98 Å². The van der Waals surface area contributed by atoms with Gasteiger partial charge in [0, 0.05) is 35.9 Å². The number of fused-ring (bicyclic) bond motifs is 1. The van der Waals surface area contributed by atoms with Crippen LogP contribution in [0.1, 0.15) is 30.2 Å². The Labute approximate surface area is 163 Å². The Balaban J connectivity index is 1.59. The van der Waals surface area contributed by atoms with Crippen molar-refractivity contribution in [3.63, 3.8) is 0 Å². The average molecular weight is 377 g/mol. The number of rotatable bonds is 4. The summed E-state index contributed by atoms with van der Waals surface area (Å²) in [6.45, 7) is 3.47. The fourth-order valence-electron chi connectivity index (χ4n) is 4.13. The van der Waals surface area contributed by atoms with Crippen molar-refractivity contribution in [2.24, 2.45) is 5.92 Å². The van der Waals surface area contributed by atoms with Gasteiger partial charge in [-0.15, -0.1) is 0 Å². The highest BCUT2D eigenvalue weighted by atomic mass is 16.6. The maximum atomic E-state index is 11.4. The zero-order chi connectivity index (χ0) is 19.7. The Kier molecular flexibility index (Phi) is 4.96. The van der Waals surface area contributed by atoms with Gasteiger partial charge in [-0.3, -0.25) is 10.1 Å². The molecule has 6 nitrogen and oxygen atoms in total. The molecule has 2 heterocycles. The van der Waals surface area contributed by atoms with E-state index in [1.165, 1.54) is 6.07 Å². The Bertz CT molecular complexity index is 999. The highest BCUT2D eigenvalue weighted by molar-refractivity contribution is 5.97. The van der Waals surface area contributed by atoms with Crippen molar-refractivity contribution in [3.05, 3.63) is 76.0 Å². The van der Waals surface area contributed by atoms with Crippen LogP contribution in [0, 0.1) is 23.0 Å². The van der Waals surface area contributed by atoms with Crippen LogP contribution in [0.2, 0.25) is 0 Å². The van der Waals surface area contributed by atoms with E-state index in [2.05, 4.69) is 9.88 Å². The van der Waals surface area contributed by atoms with E-state index < -0.39 is 6.10 Å². The molecule has 0 aliphatic carbocycles. The third-order valence-electron chi connectivity index (χ3n) is 5.59. The molecule has 1 aliphatic heterocycles. The monoisotopic (exact) mass is 377 g/mol. The number of anilines is 1. The van der Waals surface area contributed by atoms with Crippen LogP contribution in [-0.4, -0.2) is 28.1 Å². The highest BCUT2D eigenvalue weighted by Gasteiger charge is 2.27. The molecular formula is C22H23N3O3. The molecule has 28 heavy (non-hydrogen) atoms. The molecule has 0 saturated carbocycles. The van der Waals surface area contributed by atoms with E-state index in [4.69, 9.17) is 0 Å². The number of piperidine rings is 1. The van der Waals surface area contributed by atoms with Crippen LogP contribution >= 0.6 is 0 Å². The van der Waals surface area contributed by atoms with Gasteiger partial charge in [-0.05, 0) is 37.3 Å². The van der Waals surface area contributed by atoms with E-state index in [0.717, 1.165) is 48.3 Å². The third kappa shape index (κ3) is 3.43. The second kappa shape index (κ2) is 7.56. The van der Waals surface area contributed by atoms with Gasteiger partial charge < -0.3 is 10.0 Å². The Morgan fingerprint density at radius 2 is 1.86 bits per heavy atom. The maximum Gasteiger partial charge on any atom is 0.295 e. The summed E-state index contributed by atoms with van der Waals surface area (Å²) >= 11 is 0. The van der Waals surface area contributed by atoms with Crippen molar-refractivity contribution < 1.29 is 10.0 Å². The fraction of sp³-hybridized carbons (Fsp3) is 0.318. The first-order valence-electron chi connectivity index (χ1n) is 9.57. The summed E-state index contributed by atoms with van der Waals surface area (Å²) in [6, 6.07) is 16.9. The molecule has 1 fully saturated rings. The van der Waals surface area contributed by atoms with Gasteiger partial charge in [-0.2, -0.15) is 0 Å². The van der Waals surface area contributed by atoms with E-state index in [-0.39, 0.29) is 16.5 Å². The van der Waals surface area contributed by atoms with E-state index in [1.54, 1.807) is 6.07 Å². The summed E-state index contributed by atoms with van der Waals surface area (Å²) in [6.07, 6.45) is 1.28. The van der Waals surface area contributed by atoms with Crippen molar-refractivity contribution in [3.8, 4) is 0 Å². The van der Waals surface area contributed by atoms with Gasteiger partial charge in [0.25, 0.3) is 5.69 Å². The number of para-hydroxylation sites is 1. The molecule has 1 atom stereocenters. The summed E-state index contributed by atoms with van der Waals surface area (Å²) in [5.41, 5.74) is 3.19. The Hall–Kier alpha value is -2.99. The van der Waals surface area contributed by atoms with Crippen molar-refractivity contribution in [1.29, 1.82) is 0 Å². The van der Waals surface area contributed by atoms with Crippen LogP contribution < -0.4 is 4.90 Å². The minimum atomic E-state index is -0.458. The van der Waals surface area contributed by atoms with Crippen LogP contribution in [0.25, 0.3) is 10.9 Å². The number of hydrogen-bond acceptors (Lipinski definition) is 5. The number of aromatic nitrogens is 1. The first-order valence-corrected chi connectivity index (χ1v) is 9.57. The lowest BCUT2D eigenvalue weighted by atomic mass is 9.87. The molecule has 0 amide bonds. The maximum absolute atomic E-state index is 11.4. The van der Waals surface area contributed by atoms with Gasteiger partial charge in [0.1, 0.15) is 0 Å². The molecule has 1 aromatic heterocycles. The molecule has 1 unspecified atom stereocenters. The number of nitro groups is 1.